The van der Waals surface area contributed by atoms with Crippen LogP contribution in [0.5, 0.6) is 5.75 Å². The summed E-state index contributed by atoms with van der Waals surface area (Å²) in [6.45, 7) is 0.769. The Balaban J connectivity index is 1.37. The van der Waals surface area contributed by atoms with Gasteiger partial charge >= 0.3 is 12.1 Å². The number of unbranched alkanes of at least 4 members (excludes halogenated alkanes) is 1. The topological polar surface area (TPSA) is 64.6 Å². The standard InChI is InChI=1S/C28H28F3NO4/c1-35-26(33)17-18-32-27(34)23-7-5-20(6-8-23)4-2-3-19-36-25-15-11-22(12-16-25)21-9-13-24(14-10-21)28(29,30)31/h5-16H,2-4,17-19H2,1H3,(H,32,34). The van der Waals surface area contributed by atoms with E-state index in [-0.39, 0.29) is 24.8 Å². The van der Waals surface area contributed by atoms with E-state index in [2.05, 4.69) is 10.1 Å². The number of hydrogen-bond acceptors (Lipinski definition) is 4. The second-order valence-electron chi connectivity index (χ2n) is 8.18. The molecule has 0 radical (unpaired) electrons. The summed E-state index contributed by atoms with van der Waals surface area (Å²) in [5.74, 6) is 0.0983. The molecule has 3 rings (SSSR count). The Morgan fingerprint density at radius 1 is 0.833 bits per heavy atom. The highest BCUT2D eigenvalue weighted by molar-refractivity contribution is 5.94. The molecule has 0 fully saturated rings. The zero-order valence-corrected chi connectivity index (χ0v) is 19.9. The Morgan fingerprint density at radius 2 is 1.44 bits per heavy atom. The van der Waals surface area contributed by atoms with Crippen LogP contribution in [0.2, 0.25) is 0 Å². The number of alkyl halides is 3. The SMILES string of the molecule is COC(=O)CCNC(=O)c1ccc(CCCCOc2ccc(-c3ccc(C(F)(F)F)cc3)cc2)cc1. The van der Waals surface area contributed by atoms with Crippen molar-refractivity contribution in [3.8, 4) is 16.9 Å². The summed E-state index contributed by atoms with van der Waals surface area (Å²) in [4.78, 5) is 23.2. The molecule has 0 saturated heterocycles. The average molecular weight is 500 g/mol. The highest BCUT2D eigenvalue weighted by atomic mass is 19.4. The lowest BCUT2D eigenvalue weighted by atomic mass is 10.0. The number of esters is 1. The zero-order chi connectivity index (χ0) is 26.0. The third-order valence-electron chi connectivity index (χ3n) is 5.59. The lowest BCUT2D eigenvalue weighted by Crippen LogP contribution is -2.26. The highest BCUT2D eigenvalue weighted by Gasteiger charge is 2.29. The Labute approximate surface area is 208 Å². The van der Waals surface area contributed by atoms with Crippen molar-refractivity contribution in [2.24, 2.45) is 0 Å². The molecular weight excluding hydrogens is 471 g/mol. The minimum atomic E-state index is -4.34. The minimum absolute atomic E-state index is 0.131. The fourth-order valence-electron chi connectivity index (χ4n) is 3.52. The van der Waals surface area contributed by atoms with Crippen molar-refractivity contribution in [2.45, 2.75) is 31.9 Å². The van der Waals surface area contributed by atoms with Crippen molar-refractivity contribution in [2.75, 3.05) is 20.3 Å². The summed E-state index contributed by atoms with van der Waals surface area (Å²) < 4.78 is 48.5. The molecule has 0 heterocycles. The molecule has 3 aromatic carbocycles. The Bertz CT molecular complexity index is 1130. The largest absolute Gasteiger partial charge is 0.494 e. The van der Waals surface area contributed by atoms with E-state index in [1.165, 1.54) is 19.2 Å². The van der Waals surface area contributed by atoms with E-state index in [0.717, 1.165) is 42.5 Å². The van der Waals surface area contributed by atoms with Crippen molar-refractivity contribution >= 4 is 11.9 Å². The number of carbonyl (C=O) groups is 2. The fourth-order valence-corrected chi connectivity index (χ4v) is 3.52. The van der Waals surface area contributed by atoms with Gasteiger partial charge in [-0.25, -0.2) is 0 Å². The molecule has 190 valence electrons. The molecule has 0 atom stereocenters. The summed E-state index contributed by atoms with van der Waals surface area (Å²) in [5.41, 5.74) is 2.50. The van der Waals surface area contributed by atoms with E-state index < -0.39 is 11.7 Å². The molecule has 1 N–H and O–H groups in total. The second kappa shape index (κ2) is 12.8. The summed E-state index contributed by atoms with van der Waals surface area (Å²) in [6, 6.07) is 19.7. The molecule has 0 aliphatic rings. The first-order chi connectivity index (χ1) is 17.3. The molecule has 0 aliphatic heterocycles. The summed E-state index contributed by atoms with van der Waals surface area (Å²) in [5, 5.41) is 2.68. The number of aryl methyl sites for hydroxylation is 1. The van der Waals surface area contributed by atoms with E-state index in [1.54, 1.807) is 12.1 Å². The van der Waals surface area contributed by atoms with Crippen molar-refractivity contribution in [3.63, 3.8) is 0 Å². The number of benzene rings is 3. The second-order valence-corrected chi connectivity index (χ2v) is 8.18. The van der Waals surface area contributed by atoms with Gasteiger partial charge < -0.3 is 14.8 Å². The third-order valence-corrected chi connectivity index (χ3v) is 5.59. The summed E-state index contributed by atoms with van der Waals surface area (Å²) in [6.07, 6.45) is -1.61. The van der Waals surface area contributed by atoms with Crippen molar-refractivity contribution in [3.05, 3.63) is 89.5 Å². The van der Waals surface area contributed by atoms with Crippen LogP contribution in [0.1, 0.15) is 40.7 Å². The van der Waals surface area contributed by atoms with Crippen LogP contribution in [0, 0.1) is 0 Å². The molecule has 0 aromatic heterocycles. The average Bonchev–Trinajstić information content (AvgIpc) is 2.88. The number of hydrogen-bond donors (Lipinski definition) is 1. The third kappa shape index (κ3) is 8.15. The maximum Gasteiger partial charge on any atom is 0.416 e. The van der Waals surface area contributed by atoms with Gasteiger partial charge in [0.05, 0.1) is 25.7 Å². The number of ether oxygens (including phenoxy) is 2. The number of rotatable bonds is 11. The molecule has 1 amide bonds. The molecule has 0 spiro atoms. The van der Waals surface area contributed by atoms with Crippen LogP contribution in [0.25, 0.3) is 11.1 Å². The Morgan fingerprint density at radius 3 is 2.03 bits per heavy atom. The van der Waals surface area contributed by atoms with E-state index >= 15 is 0 Å². The fraction of sp³-hybridized carbons (Fsp3) is 0.286. The number of halogens is 3. The molecule has 36 heavy (non-hydrogen) atoms. The van der Waals surface area contributed by atoms with E-state index in [4.69, 9.17) is 4.74 Å². The van der Waals surface area contributed by atoms with Crippen LogP contribution >= 0.6 is 0 Å². The summed E-state index contributed by atoms with van der Waals surface area (Å²) >= 11 is 0. The highest BCUT2D eigenvalue weighted by Crippen LogP contribution is 2.31. The number of methoxy groups -OCH3 is 1. The quantitative estimate of drug-likeness (QED) is 0.257. The predicted octanol–water partition coefficient (Wildman–Crippen LogP) is 6.07. The van der Waals surface area contributed by atoms with Gasteiger partial charge in [0.15, 0.2) is 0 Å². The van der Waals surface area contributed by atoms with Gasteiger partial charge in [-0.2, -0.15) is 13.2 Å². The van der Waals surface area contributed by atoms with Gasteiger partial charge in [0.2, 0.25) is 0 Å². The van der Waals surface area contributed by atoms with Gasteiger partial charge in [-0.15, -0.1) is 0 Å². The van der Waals surface area contributed by atoms with Gasteiger partial charge in [-0.3, -0.25) is 9.59 Å². The van der Waals surface area contributed by atoms with Crippen LogP contribution in [-0.4, -0.2) is 32.1 Å². The summed E-state index contributed by atoms with van der Waals surface area (Å²) in [7, 11) is 1.31. The molecular formula is C28H28F3NO4. The first-order valence-electron chi connectivity index (χ1n) is 11.6. The molecule has 0 bridgehead atoms. The van der Waals surface area contributed by atoms with Gasteiger partial charge in [-0.1, -0.05) is 36.4 Å². The predicted molar refractivity (Wildman–Crippen MR) is 131 cm³/mol. The molecule has 0 saturated carbocycles. The van der Waals surface area contributed by atoms with Crippen molar-refractivity contribution in [1.82, 2.24) is 5.32 Å². The minimum Gasteiger partial charge on any atom is -0.494 e. The van der Waals surface area contributed by atoms with E-state index in [0.29, 0.717) is 23.5 Å². The van der Waals surface area contributed by atoms with Crippen molar-refractivity contribution < 1.29 is 32.2 Å². The zero-order valence-electron chi connectivity index (χ0n) is 19.9. The number of nitrogens with one attached hydrogen (secondary N) is 1. The van der Waals surface area contributed by atoms with Crippen LogP contribution < -0.4 is 10.1 Å². The molecule has 5 nitrogen and oxygen atoms in total. The first kappa shape index (κ1) is 26.8. The van der Waals surface area contributed by atoms with Crippen LogP contribution in [-0.2, 0) is 22.1 Å². The first-order valence-corrected chi connectivity index (χ1v) is 11.6. The lowest BCUT2D eigenvalue weighted by molar-refractivity contribution is -0.140. The normalized spacial score (nSPS) is 11.1. The Hall–Kier alpha value is -3.81. The van der Waals surface area contributed by atoms with Gasteiger partial charge in [0.25, 0.3) is 5.91 Å². The van der Waals surface area contributed by atoms with Crippen LogP contribution in [0.15, 0.2) is 72.8 Å². The van der Waals surface area contributed by atoms with E-state index in [9.17, 15) is 22.8 Å². The molecule has 0 aliphatic carbocycles. The maximum atomic E-state index is 12.7. The number of amides is 1. The molecule has 3 aromatic rings. The monoisotopic (exact) mass is 499 g/mol. The maximum absolute atomic E-state index is 12.7. The van der Waals surface area contributed by atoms with Crippen molar-refractivity contribution in [1.29, 1.82) is 0 Å². The lowest BCUT2D eigenvalue weighted by Gasteiger charge is -2.09. The van der Waals surface area contributed by atoms with Gasteiger partial charge in [0, 0.05) is 12.1 Å². The molecule has 0 unspecified atom stereocenters. The molecule has 8 heteroatoms. The van der Waals surface area contributed by atoms with Gasteiger partial charge in [-0.05, 0) is 72.4 Å². The van der Waals surface area contributed by atoms with Crippen LogP contribution in [0.4, 0.5) is 13.2 Å². The van der Waals surface area contributed by atoms with Gasteiger partial charge in [0.1, 0.15) is 5.75 Å². The van der Waals surface area contributed by atoms with E-state index in [1.807, 2.05) is 36.4 Å². The number of carbonyl (C=O) groups excluding carboxylic acids is 2. The Kier molecular flexibility index (Phi) is 9.50. The smallest absolute Gasteiger partial charge is 0.416 e. The van der Waals surface area contributed by atoms with Crippen LogP contribution in [0.3, 0.4) is 0 Å².